The third-order valence-electron chi connectivity index (χ3n) is 6.14. The number of benzene rings is 1. The Hall–Kier alpha value is -2.12. The number of ether oxygens (including phenoxy) is 3. The van der Waals surface area contributed by atoms with Gasteiger partial charge in [0.15, 0.2) is 6.29 Å². The molecule has 162 valence electrons. The molecule has 2 heterocycles. The number of methoxy groups -OCH3 is 1. The van der Waals surface area contributed by atoms with Crippen molar-refractivity contribution in [3.63, 3.8) is 0 Å². The maximum absolute atomic E-state index is 10.9. The van der Waals surface area contributed by atoms with Gasteiger partial charge in [-0.1, -0.05) is 31.6 Å². The lowest BCUT2D eigenvalue weighted by Gasteiger charge is -2.26. The molecule has 0 saturated carbocycles. The molecule has 6 nitrogen and oxygen atoms in total. The molecule has 1 saturated heterocycles. The summed E-state index contributed by atoms with van der Waals surface area (Å²) in [6.45, 7) is 2.04. The van der Waals surface area contributed by atoms with Crippen LogP contribution in [0.3, 0.4) is 0 Å². The minimum absolute atomic E-state index is 0.109. The maximum Gasteiger partial charge on any atom is 0.184 e. The van der Waals surface area contributed by atoms with Crippen molar-refractivity contribution in [2.24, 2.45) is 0 Å². The Morgan fingerprint density at radius 3 is 2.67 bits per heavy atom. The summed E-state index contributed by atoms with van der Waals surface area (Å²) >= 11 is 0. The van der Waals surface area contributed by atoms with Gasteiger partial charge in [0.25, 0.3) is 0 Å². The highest BCUT2D eigenvalue weighted by Gasteiger charge is 2.44. The summed E-state index contributed by atoms with van der Waals surface area (Å²) in [5.74, 6) is 0.887. The van der Waals surface area contributed by atoms with E-state index in [9.17, 15) is 10.2 Å². The highest BCUT2D eigenvalue weighted by Crippen LogP contribution is 2.44. The van der Waals surface area contributed by atoms with E-state index < -0.39 is 12.4 Å². The predicted octanol–water partition coefficient (Wildman–Crippen LogP) is 3.88. The third kappa shape index (κ3) is 4.18. The number of aliphatic hydroxyl groups excluding tert-OH is 2. The maximum atomic E-state index is 10.9. The minimum atomic E-state index is -0.717. The zero-order chi connectivity index (χ0) is 21.1. The van der Waals surface area contributed by atoms with Gasteiger partial charge >= 0.3 is 0 Å². The van der Waals surface area contributed by atoms with E-state index in [0.717, 1.165) is 40.9 Å². The zero-order valence-electron chi connectivity index (χ0n) is 17.5. The second-order valence-corrected chi connectivity index (χ2v) is 8.02. The average Bonchev–Trinajstić information content (AvgIpc) is 3.39. The van der Waals surface area contributed by atoms with Crippen LogP contribution in [0, 0.1) is 0 Å². The van der Waals surface area contributed by atoms with Crippen LogP contribution in [0.5, 0.6) is 5.75 Å². The van der Waals surface area contributed by atoms with Gasteiger partial charge in [-0.15, -0.1) is 0 Å². The first-order valence-electron chi connectivity index (χ1n) is 10.6. The molecule has 1 unspecified atom stereocenters. The number of hydrogen-bond donors (Lipinski definition) is 2. The van der Waals surface area contributed by atoms with E-state index in [1.54, 1.807) is 25.7 Å². The Balaban J connectivity index is 1.69. The molecule has 1 fully saturated rings. The van der Waals surface area contributed by atoms with Crippen molar-refractivity contribution in [3.8, 4) is 5.75 Å². The Morgan fingerprint density at radius 1 is 1.17 bits per heavy atom. The van der Waals surface area contributed by atoms with Crippen LogP contribution in [0.25, 0.3) is 0 Å². The lowest BCUT2D eigenvalue weighted by molar-refractivity contribution is -0.0744. The molecule has 4 rings (SSSR count). The average molecular weight is 414 g/mol. The Bertz CT molecular complexity index is 855. The molecule has 5 atom stereocenters. The van der Waals surface area contributed by atoms with Gasteiger partial charge in [0.1, 0.15) is 5.75 Å². The van der Waals surface area contributed by atoms with Gasteiger partial charge in [-0.05, 0) is 41.7 Å². The molecule has 0 amide bonds. The van der Waals surface area contributed by atoms with Crippen molar-refractivity contribution in [1.82, 2.24) is 0 Å². The van der Waals surface area contributed by atoms with E-state index >= 15 is 0 Å². The lowest BCUT2D eigenvalue weighted by Crippen LogP contribution is -2.32. The quantitative estimate of drug-likeness (QED) is 0.723. The molecule has 1 aliphatic heterocycles. The van der Waals surface area contributed by atoms with E-state index in [-0.39, 0.29) is 24.7 Å². The Morgan fingerprint density at radius 2 is 1.97 bits per heavy atom. The predicted molar refractivity (Wildman–Crippen MR) is 111 cm³/mol. The summed E-state index contributed by atoms with van der Waals surface area (Å²) in [6.07, 6.45) is 6.44. The van der Waals surface area contributed by atoms with Crippen molar-refractivity contribution >= 4 is 0 Å². The van der Waals surface area contributed by atoms with Gasteiger partial charge in [0.2, 0.25) is 0 Å². The van der Waals surface area contributed by atoms with E-state index in [1.807, 2.05) is 24.3 Å². The molecule has 1 aromatic carbocycles. The molecular formula is C24H30O6. The highest BCUT2D eigenvalue weighted by molar-refractivity contribution is 5.34. The molecule has 2 aliphatic rings. The topological polar surface area (TPSA) is 81.3 Å². The fourth-order valence-electron chi connectivity index (χ4n) is 4.61. The molecule has 1 aliphatic carbocycles. The first kappa shape index (κ1) is 21.1. The smallest absolute Gasteiger partial charge is 0.184 e. The largest absolute Gasteiger partial charge is 0.497 e. The van der Waals surface area contributed by atoms with Crippen molar-refractivity contribution in [2.45, 2.75) is 63.1 Å². The minimum Gasteiger partial charge on any atom is -0.497 e. The number of furan rings is 1. The van der Waals surface area contributed by atoms with Crippen molar-refractivity contribution in [3.05, 3.63) is 65.1 Å². The van der Waals surface area contributed by atoms with Crippen LogP contribution >= 0.6 is 0 Å². The summed E-state index contributed by atoms with van der Waals surface area (Å²) in [5, 5.41) is 20.4. The number of rotatable bonds is 5. The normalized spacial score (nSPS) is 30.3. The number of aliphatic hydroxyl groups is 2. The summed E-state index contributed by atoms with van der Waals surface area (Å²) in [5.41, 5.74) is 3.84. The summed E-state index contributed by atoms with van der Waals surface area (Å²) in [6, 6.07) is 7.67. The van der Waals surface area contributed by atoms with Crippen molar-refractivity contribution in [1.29, 1.82) is 0 Å². The van der Waals surface area contributed by atoms with Gasteiger partial charge in [0.05, 0.1) is 44.6 Å². The van der Waals surface area contributed by atoms with Crippen LogP contribution < -0.4 is 4.74 Å². The lowest BCUT2D eigenvalue weighted by atomic mass is 9.85. The van der Waals surface area contributed by atoms with Crippen molar-refractivity contribution < 1.29 is 28.8 Å². The molecule has 0 spiro atoms. The second-order valence-electron chi connectivity index (χ2n) is 8.02. The molecule has 2 N–H and O–H groups in total. The Kier molecular flexibility index (Phi) is 6.58. The standard InChI is InChI=1S/C24H30O6/c1-3-4-19-20-14-28-13-17(20)11-16(9-10-25)21(26)12-22-23(19)30-24(29-22)15-5-7-18(27-2)8-6-15/h5-9,13-14,19,21-26H,3-4,10-12H2,1-2H3/b16-9-/t19-,21+,22+,23-,24?/m0/s1. The van der Waals surface area contributed by atoms with Crippen LogP contribution in [0.15, 0.2) is 52.9 Å². The van der Waals surface area contributed by atoms with Crippen LogP contribution in [-0.2, 0) is 15.9 Å². The van der Waals surface area contributed by atoms with Gasteiger partial charge in [-0.25, -0.2) is 0 Å². The van der Waals surface area contributed by atoms with Crippen LogP contribution in [0.4, 0.5) is 0 Å². The van der Waals surface area contributed by atoms with Gasteiger partial charge in [-0.3, -0.25) is 0 Å². The molecule has 2 aromatic rings. The monoisotopic (exact) mass is 414 g/mol. The molecular weight excluding hydrogens is 384 g/mol. The van der Waals surface area contributed by atoms with E-state index in [4.69, 9.17) is 18.6 Å². The molecule has 6 heteroatoms. The molecule has 0 radical (unpaired) electrons. The SMILES string of the molecule is CCC[C@H]1c2cocc2C/C(=C/CO)[C@H](O)C[C@H]2OC(c3ccc(OC)cc3)O[C@H]21. The van der Waals surface area contributed by atoms with E-state index in [1.165, 1.54) is 0 Å². The summed E-state index contributed by atoms with van der Waals surface area (Å²) < 4.78 is 23.6. The third-order valence-corrected chi connectivity index (χ3v) is 6.14. The van der Waals surface area contributed by atoms with Crippen LogP contribution in [0.1, 0.15) is 55.1 Å². The van der Waals surface area contributed by atoms with E-state index in [2.05, 4.69) is 6.92 Å². The van der Waals surface area contributed by atoms with Gasteiger partial charge in [-0.2, -0.15) is 0 Å². The number of hydrogen-bond acceptors (Lipinski definition) is 6. The zero-order valence-corrected chi connectivity index (χ0v) is 17.5. The second kappa shape index (κ2) is 9.35. The molecule has 1 aromatic heterocycles. The van der Waals surface area contributed by atoms with Crippen molar-refractivity contribution in [2.75, 3.05) is 13.7 Å². The van der Waals surface area contributed by atoms with Crippen LogP contribution in [-0.4, -0.2) is 42.2 Å². The first-order chi connectivity index (χ1) is 14.6. The Labute approximate surface area is 177 Å². The first-order valence-corrected chi connectivity index (χ1v) is 10.6. The summed E-state index contributed by atoms with van der Waals surface area (Å²) in [7, 11) is 1.64. The van der Waals surface area contributed by atoms with E-state index in [0.29, 0.717) is 12.8 Å². The molecule has 0 bridgehead atoms. The summed E-state index contributed by atoms with van der Waals surface area (Å²) in [4.78, 5) is 0. The van der Waals surface area contributed by atoms with Gasteiger partial charge in [0, 0.05) is 17.9 Å². The fraction of sp³-hybridized carbons (Fsp3) is 0.500. The molecule has 30 heavy (non-hydrogen) atoms. The number of fused-ring (bicyclic) bond motifs is 2. The highest BCUT2D eigenvalue weighted by atomic mass is 16.7. The van der Waals surface area contributed by atoms with Crippen LogP contribution in [0.2, 0.25) is 0 Å². The van der Waals surface area contributed by atoms with Gasteiger partial charge < -0.3 is 28.8 Å². The fourth-order valence-corrected chi connectivity index (χ4v) is 4.61.